The second kappa shape index (κ2) is 6.39. The van der Waals surface area contributed by atoms with Crippen LogP contribution in [0, 0.1) is 0 Å². The molecule has 5 heteroatoms. The molecule has 1 aliphatic rings. The number of aryl methyl sites for hydroxylation is 1. The highest BCUT2D eigenvalue weighted by Gasteiger charge is 2.18. The average molecular weight is 278 g/mol. The number of hydrogen-bond acceptors (Lipinski definition) is 3. The first-order chi connectivity index (χ1) is 9.46. The zero-order chi connectivity index (χ0) is 14.6. The third kappa shape index (κ3) is 4.34. The normalized spacial score (nSPS) is 15.8. The first-order valence-corrected chi connectivity index (χ1v) is 7.47. The van der Waals surface area contributed by atoms with Crippen molar-refractivity contribution >= 4 is 5.91 Å². The van der Waals surface area contributed by atoms with Crippen LogP contribution in [0.4, 0.5) is 0 Å². The number of likely N-dealkylation sites (tertiary alicyclic amines) is 1. The molecule has 5 nitrogen and oxygen atoms in total. The first-order valence-electron chi connectivity index (χ1n) is 7.47. The maximum atomic E-state index is 12.0. The Morgan fingerprint density at radius 2 is 2.05 bits per heavy atom. The smallest absolute Gasteiger partial charge is 0.224 e. The fourth-order valence-electron chi connectivity index (χ4n) is 2.39. The van der Waals surface area contributed by atoms with E-state index in [9.17, 15) is 4.79 Å². The number of carbonyl (C=O) groups excluding carboxylic acids is 1. The predicted octanol–water partition coefficient (Wildman–Crippen LogP) is 1.78. The molecule has 1 amide bonds. The maximum Gasteiger partial charge on any atom is 0.224 e. The molecule has 1 saturated heterocycles. The minimum atomic E-state index is 0.0838. The van der Waals surface area contributed by atoms with E-state index in [1.807, 2.05) is 17.4 Å². The number of rotatable bonds is 5. The minimum Gasteiger partial charge on any atom is -0.343 e. The lowest BCUT2D eigenvalue weighted by atomic mass is 10.1. The van der Waals surface area contributed by atoms with Crippen LogP contribution in [-0.2, 0) is 17.9 Å². The summed E-state index contributed by atoms with van der Waals surface area (Å²) in [6, 6.07) is 0. The van der Waals surface area contributed by atoms with E-state index in [-0.39, 0.29) is 11.4 Å². The van der Waals surface area contributed by atoms with Crippen molar-refractivity contribution in [1.29, 1.82) is 0 Å². The van der Waals surface area contributed by atoms with Gasteiger partial charge in [0.15, 0.2) is 0 Å². The van der Waals surface area contributed by atoms with Gasteiger partial charge in [-0.3, -0.25) is 4.79 Å². The van der Waals surface area contributed by atoms with E-state index >= 15 is 0 Å². The number of aromatic nitrogens is 2. The molecule has 1 aliphatic heterocycles. The molecule has 0 atom stereocenters. The van der Waals surface area contributed by atoms with Crippen molar-refractivity contribution in [3.63, 3.8) is 0 Å². The first kappa shape index (κ1) is 15.0. The molecule has 0 unspecified atom stereocenters. The van der Waals surface area contributed by atoms with Crippen molar-refractivity contribution < 1.29 is 4.79 Å². The fourth-order valence-corrected chi connectivity index (χ4v) is 2.39. The van der Waals surface area contributed by atoms with E-state index in [0.29, 0.717) is 6.42 Å². The summed E-state index contributed by atoms with van der Waals surface area (Å²) >= 11 is 0. The molecule has 2 rings (SSSR count). The number of nitrogens with one attached hydrogen (secondary N) is 1. The third-order valence-electron chi connectivity index (χ3n) is 3.62. The molecule has 0 radical (unpaired) electrons. The van der Waals surface area contributed by atoms with Gasteiger partial charge in [0.1, 0.15) is 0 Å². The number of carbonyl (C=O) groups is 1. The van der Waals surface area contributed by atoms with Gasteiger partial charge >= 0.3 is 0 Å². The van der Waals surface area contributed by atoms with Crippen LogP contribution in [-0.4, -0.2) is 39.0 Å². The van der Waals surface area contributed by atoms with Crippen LogP contribution in [0.2, 0.25) is 0 Å². The molecule has 1 N–H and O–H groups in total. The van der Waals surface area contributed by atoms with Gasteiger partial charge in [-0.2, -0.15) is 0 Å². The van der Waals surface area contributed by atoms with Gasteiger partial charge in [-0.05, 0) is 33.6 Å². The van der Waals surface area contributed by atoms with Gasteiger partial charge in [-0.1, -0.05) is 0 Å². The Morgan fingerprint density at radius 3 is 2.70 bits per heavy atom. The summed E-state index contributed by atoms with van der Waals surface area (Å²) in [6.07, 6.45) is 6.56. The highest BCUT2D eigenvalue weighted by atomic mass is 16.2. The molecule has 112 valence electrons. The Bertz CT molecular complexity index is 441. The SMILES string of the molecule is CC(C)(C)NCc1cncn1CCC(=O)N1CCCC1. The lowest BCUT2D eigenvalue weighted by molar-refractivity contribution is -0.130. The van der Waals surface area contributed by atoms with E-state index in [2.05, 4.69) is 35.6 Å². The Hall–Kier alpha value is -1.36. The molecule has 1 aromatic heterocycles. The average Bonchev–Trinajstić information content (AvgIpc) is 3.03. The lowest BCUT2D eigenvalue weighted by Gasteiger charge is -2.21. The second-order valence-electron chi connectivity index (χ2n) is 6.52. The van der Waals surface area contributed by atoms with Crippen molar-refractivity contribution in [1.82, 2.24) is 19.8 Å². The van der Waals surface area contributed by atoms with E-state index in [0.717, 1.165) is 44.7 Å². The summed E-state index contributed by atoms with van der Waals surface area (Å²) in [7, 11) is 0. The molecule has 0 aliphatic carbocycles. The Kier molecular flexibility index (Phi) is 4.81. The lowest BCUT2D eigenvalue weighted by Crippen LogP contribution is -2.35. The molecule has 0 spiro atoms. The van der Waals surface area contributed by atoms with Crippen LogP contribution in [0.15, 0.2) is 12.5 Å². The van der Waals surface area contributed by atoms with Gasteiger partial charge in [0.05, 0.1) is 12.0 Å². The monoisotopic (exact) mass is 278 g/mol. The van der Waals surface area contributed by atoms with Crippen molar-refractivity contribution in [2.24, 2.45) is 0 Å². The summed E-state index contributed by atoms with van der Waals surface area (Å²) in [6.45, 7) is 9.79. The summed E-state index contributed by atoms with van der Waals surface area (Å²) < 4.78 is 2.08. The van der Waals surface area contributed by atoms with Gasteiger partial charge in [-0.15, -0.1) is 0 Å². The Balaban J connectivity index is 1.83. The highest BCUT2D eigenvalue weighted by molar-refractivity contribution is 5.76. The Morgan fingerprint density at radius 1 is 1.35 bits per heavy atom. The van der Waals surface area contributed by atoms with Crippen LogP contribution in [0.25, 0.3) is 0 Å². The molecular weight excluding hydrogens is 252 g/mol. The van der Waals surface area contributed by atoms with E-state index in [4.69, 9.17) is 0 Å². The zero-order valence-corrected chi connectivity index (χ0v) is 12.9. The molecule has 1 fully saturated rings. The molecule has 0 saturated carbocycles. The van der Waals surface area contributed by atoms with E-state index in [1.54, 1.807) is 0 Å². The highest BCUT2D eigenvalue weighted by Crippen LogP contribution is 2.10. The Labute approximate surface area is 121 Å². The van der Waals surface area contributed by atoms with Gasteiger partial charge < -0.3 is 14.8 Å². The molecule has 0 aromatic carbocycles. The van der Waals surface area contributed by atoms with Crippen LogP contribution in [0.3, 0.4) is 0 Å². The summed E-state index contributed by atoms with van der Waals surface area (Å²) in [5.41, 5.74) is 1.22. The topological polar surface area (TPSA) is 50.2 Å². The zero-order valence-electron chi connectivity index (χ0n) is 12.9. The summed E-state index contributed by atoms with van der Waals surface area (Å²) in [5.74, 6) is 0.269. The van der Waals surface area contributed by atoms with E-state index < -0.39 is 0 Å². The van der Waals surface area contributed by atoms with Gasteiger partial charge in [0.2, 0.25) is 5.91 Å². The molecule has 1 aromatic rings. The van der Waals surface area contributed by atoms with Crippen LogP contribution in [0.1, 0.15) is 45.7 Å². The number of imidazole rings is 1. The molecular formula is C15H26N4O. The predicted molar refractivity (Wildman–Crippen MR) is 79.3 cm³/mol. The quantitative estimate of drug-likeness (QED) is 0.893. The standard InChI is InChI=1S/C15H26N4O/c1-15(2,3)17-11-13-10-16-12-19(13)9-6-14(20)18-7-4-5-8-18/h10,12,17H,4-9,11H2,1-3H3. The van der Waals surface area contributed by atoms with Crippen LogP contribution >= 0.6 is 0 Å². The van der Waals surface area contributed by atoms with Crippen molar-refractivity contribution in [2.45, 2.75) is 58.7 Å². The summed E-state index contributed by atoms with van der Waals surface area (Å²) in [4.78, 5) is 18.2. The second-order valence-corrected chi connectivity index (χ2v) is 6.52. The maximum absolute atomic E-state index is 12.0. The number of amides is 1. The number of hydrogen-bond donors (Lipinski definition) is 1. The van der Waals surface area contributed by atoms with Crippen LogP contribution < -0.4 is 5.32 Å². The van der Waals surface area contributed by atoms with Crippen molar-refractivity contribution in [3.05, 3.63) is 18.2 Å². The summed E-state index contributed by atoms with van der Waals surface area (Å²) in [5, 5.41) is 3.45. The third-order valence-corrected chi connectivity index (χ3v) is 3.62. The molecule has 2 heterocycles. The van der Waals surface area contributed by atoms with Gasteiger partial charge in [0, 0.05) is 44.3 Å². The largest absolute Gasteiger partial charge is 0.343 e. The van der Waals surface area contributed by atoms with Crippen molar-refractivity contribution in [2.75, 3.05) is 13.1 Å². The van der Waals surface area contributed by atoms with Gasteiger partial charge in [0.25, 0.3) is 0 Å². The van der Waals surface area contributed by atoms with Crippen LogP contribution in [0.5, 0.6) is 0 Å². The minimum absolute atomic E-state index is 0.0838. The number of nitrogens with zero attached hydrogens (tertiary/aromatic N) is 3. The molecule has 0 bridgehead atoms. The van der Waals surface area contributed by atoms with E-state index in [1.165, 1.54) is 0 Å². The van der Waals surface area contributed by atoms with Gasteiger partial charge in [-0.25, -0.2) is 4.98 Å². The van der Waals surface area contributed by atoms with Crippen molar-refractivity contribution in [3.8, 4) is 0 Å². The molecule has 20 heavy (non-hydrogen) atoms. The fraction of sp³-hybridized carbons (Fsp3) is 0.733.